The van der Waals surface area contributed by atoms with Crippen LogP contribution < -0.4 is 9.64 Å². The van der Waals surface area contributed by atoms with Gasteiger partial charge < -0.3 is 9.64 Å². The first-order chi connectivity index (χ1) is 10.9. The monoisotopic (exact) mass is 311 g/mol. The molecule has 0 saturated carbocycles. The van der Waals surface area contributed by atoms with Crippen LogP contribution >= 0.6 is 11.3 Å². The Labute approximate surface area is 133 Å². The van der Waals surface area contributed by atoms with Gasteiger partial charge in [-0.15, -0.1) is 11.3 Å². The highest BCUT2D eigenvalue weighted by Crippen LogP contribution is 2.38. The summed E-state index contributed by atoms with van der Waals surface area (Å²) < 4.78 is 5.25. The predicted octanol–water partition coefficient (Wildman–Crippen LogP) is 3.97. The van der Waals surface area contributed by atoms with Crippen molar-refractivity contribution in [2.24, 2.45) is 0 Å². The fourth-order valence-corrected chi connectivity index (χ4v) is 3.92. The molecule has 0 bridgehead atoms. The summed E-state index contributed by atoms with van der Waals surface area (Å²) in [6, 6.07) is 8.19. The maximum absolute atomic E-state index is 5.25. The lowest BCUT2D eigenvalue weighted by Crippen LogP contribution is -2.19. The molecule has 4 nitrogen and oxygen atoms in total. The smallest absolute Gasteiger partial charge is 0.141 e. The number of fused-ring (bicyclic) bond motifs is 1. The number of aromatic nitrogens is 2. The van der Waals surface area contributed by atoms with Crippen molar-refractivity contribution < 1.29 is 4.74 Å². The van der Waals surface area contributed by atoms with E-state index in [1.807, 2.05) is 12.1 Å². The van der Waals surface area contributed by atoms with Gasteiger partial charge in [0.25, 0.3) is 0 Å². The highest BCUT2D eigenvalue weighted by molar-refractivity contribution is 7.17. The molecule has 112 valence electrons. The summed E-state index contributed by atoms with van der Waals surface area (Å²) in [4.78, 5) is 12.5. The molecule has 0 atom stereocenters. The standard InChI is InChI=1S/C17H17N3OS/c1-21-13-6-4-12(5-7-13)14-10-22-17-15(14)16(18-11-19-17)20-8-2-3-9-20/h4-7,10-11H,2-3,8-9H2,1H3. The molecule has 0 radical (unpaired) electrons. The lowest BCUT2D eigenvalue weighted by atomic mass is 10.1. The van der Waals surface area contributed by atoms with E-state index in [4.69, 9.17) is 4.74 Å². The van der Waals surface area contributed by atoms with Crippen LogP contribution in [0, 0.1) is 0 Å². The molecule has 1 saturated heterocycles. The number of anilines is 1. The van der Waals surface area contributed by atoms with Gasteiger partial charge in [0.15, 0.2) is 0 Å². The zero-order chi connectivity index (χ0) is 14.9. The molecule has 3 heterocycles. The van der Waals surface area contributed by atoms with Gasteiger partial charge in [-0.1, -0.05) is 12.1 Å². The maximum atomic E-state index is 5.25. The second kappa shape index (κ2) is 5.57. The average molecular weight is 311 g/mol. The van der Waals surface area contributed by atoms with Gasteiger partial charge >= 0.3 is 0 Å². The number of rotatable bonds is 3. The van der Waals surface area contributed by atoms with Crippen molar-refractivity contribution in [3.05, 3.63) is 36.0 Å². The van der Waals surface area contributed by atoms with Gasteiger partial charge in [0, 0.05) is 24.0 Å². The highest BCUT2D eigenvalue weighted by atomic mass is 32.1. The Morgan fingerprint density at radius 2 is 1.86 bits per heavy atom. The minimum atomic E-state index is 0.874. The van der Waals surface area contributed by atoms with E-state index in [1.54, 1.807) is 24.8 Å². The zero-order valence-corrected chi connectivity index (χ0v) is 13.3. The van der Waals surface area contributed by atoms with E-state index >= 15 is 0 Å². The summed E-state index contributed by atoms with van der Waals surface area (Å²) in [6.45, 7) is 2.17. The van der Waals surface area contributed by atoms with E-state index in [0.717, 1.165) is 29.5 Å². The minimum Gasteiger partial charge on any atom is -0.497 e. The first kappa shape index (κ1) is 13.5. The third-order valence-corrected chi connectivity index (χ3v) is 5.04. The topological polar surface area (TPSA) is 38.3 Å². The second-order valence-electron chi connectivity index (χ2n) is 5.45. The van der Waals surface area contributed by atoms with Crippen molar-refractivity contribution in [1.29, 1.82) is 0 Å². The average Bonchev–Trinajstić information content (AvgIpc) is 3.24. The van der Waals surface area contributed by atoms with Crippen molar-refractivity contribution in [1.82, 2.24) is 9.97 Å². The Bertz CT molecular complexity index is 791. The number of benzene rings is 1. The number of hydrogen-bond acceptors (Lipinski definition) is 5. The van der Waals surface area contributed by atoms with Crippen molar-refractivity contribution in [3.63, 3.8) is 0 Å². The number of thiophene rings is 1. The van der Waals surface area contributed by atoms with Crippen LogP contribution in [0.3, 0.4) is 0 Å². The van der Waals surface area contributed by atoms with Gasteiger partial charge in [-0.05, 0) is 30.5 Å². The maximum Gasteiger partial charge on any atom is 0.141 e. The van der Waals surface area contributed by atoms with Crippen molar-refractivity contribution in [3.8, 4) is 16.9 Å². The number of ether oxygens (including phenoxy) is 1. The summed E-state index contributed by atoms with van der Waals surface area (Å²) in [5, 5.41) is 3.36. The quantitative estimate of drug-likeness (QED) is 0.733. The molecule has 0 aliphatic carbocycles. The third kappa shape index (κ3) is 2.22. The van der Waals surface area contributed by atoms with Crippen molar-refractivity contribution in [2.45, 2.75) is 12.8 Å². The first-order valence-electron chi connectivity index (χ1n) is 7.48. The van der Waals surface area contributed by atoms with Gasteiger partial charge in [0.2, 0.25) is 0 Å². The van der Waals surface area contributed by atoms with E-state index in [9.17, 15) is 0 Å². The molecular weight excluding hydrogens is 294 g/mol. The Kier molecular flexibility index (Phi) is 3.42. The summed E-state index contributed by atoms with van der Waals surface area (Å²) in [6.07, 6.45) is 4.17. The van der Waals surface area contributed by atoms with Gasteiger partial charge in [-0.3, -0.25) is 0 Å². The van der Waals surface area contributed by atoms with E-state index in [1.165, 1.54) is 29.4 Å². The Balaban J connectivity index is 1.86. The highest BCUT2D eigenvalue weighted by Gasteiger charge is 2.20. The fraction of sp³-hybridized carbons (Fsp3) is 0.294. The van der Waals surface area contributed by atoms with E-state index in [0.29, 0.717) is 0 Å². The first-order valence-corrected chi connectivity index (χ1v) is 8.36. The zero-order valence-electron chi connectivity index (χ0n) is 12.5. The summed E-state index contributed by atoms with van der Waals surface area (Å²) in [5.74, 6) is 1.95. The van der Waals surface area contributed by atoms with E-state index in [2.05, 4.69) is 32.4 Å². The molecule has 0 N–H and O–H groups in total. The van der Waals surface area contributed by atoms with Crippen LogP contribution in [-0.2, 0) is 0 Å². The largest absolute Gasteiger partial charge is 0.497 e. The van der Waals surface area contributed by atoms with Crippen molar-refractivity contribution in [2.75, 3.05) is 25.1 Å². The number of nitrogens with zero attached hydrogens (tertiary/aromatic N) is 3. The molecule has 3 aromatic rings. The number of hydrogen-bond donors (Lipinski definition) is 0. The molecular formula is C17H17N3OS. The molecule has 1 aliphatic rings. The Hall–Kier alpha value is -2.14. The minimum absolute atomic E-state index is 0.874. The van der Waals surface area contributed by atoms with Gasteiger partial charge in [-0.25, -0.2) is 9.97 Å². The van der Waals surface area contributed by atoms with Gasteiger partial charge in [0.05, 0.1) is 12.5 Å². The van der Waals surface area contributed by atoms with Gasteiger partial charge in [0.1, 0.15) is 22.7 Å². The molecule has 22 heavy (non-hydrogen) atoms. The predicted molar refractivity (Wildman–Crippen MR) is 90.9 cm³/mol. The van der Waals surface area contributed by atoms with Crippen LogP contribution in [0.4, 0.5) is 5.82 Å². The normalized spacial score (nSPS) is 14.7. The van der Waals surface area contributed by atoms with Crippen molar-refractivity contribution >= 4 is 27.4 Å². The van der Waals surface area contributed by atoms with Crippen LogP contribution in [-0.4, -0.2) is 30.2 Å². The molecule has 1 aromatic carbocycles. The lowest BCUT2D eigenvalue weighted by molar-refractivity contribution is 0.415. The van der Waals surface area contributed by atoms with Crippen LogP contribution in [0.25, 0.3) is 21.3 Å². The number of methoxy groups -OCH3 is 1. The summed E-state index contributed by atoms with van der Waals surface area (Å²) in [5.41, 5.74) is 2.40. The van der Waals surface area contributed by atoms with Crippen LogP contribution in [0.15, 0.2) is 36.0 Å². The van der Waals surface area contributed by atoms with Crippen LogP contribution in [0.1, 0.15) is 12.8 Å². The molecule has 1 aliphatic heterocycles. The SMILES string of the molecule is COc1ccc(-c2csc3ncnc(N4CCCC4)c23)cc1. The second-order valence-corrected chi connectivity index (χ2v) is 6.31. The molecule has 4 rings (SSSR count). The molecule has 0 unspecified atom stereocenters. The van der Waals surface area contributed by atoms with Gasteiger partial charge in [-0.2, -0.15) is 0 Å². The molecule has 0 spiro atoms. The summed E-state index contributed by atoms with van der Waals surface area (Å²) >= 11 is 1.68. The van der Waals surface area contributed by atoms with E-state index < -0.39 is 0 Å². The Morgan fingerprint density at radius 3 is 2.59 bits per heavy atom. The van der Waals surface area contributed by atoms with Crippen LogP contribution in [0.5, 0.6) is 5.75 Å². The molecule has 2 aromatic heterocycles. The third-order valence-electron chi connectivity index (χ3n) is 4.16. The lowest BCUT2D eigenvalue weighted by Gasteiger charge is -2.17. The molecule has 1 fully saturated rings. The summed E-state index contributed by atoms with van der Waals surface area (Å²) in [7, 11) is 1.69. The molecule has 0 amide bonds. The Morgan fingerprint density at radius 1 is 1.09 bits per heavy atom. The van der Waals surface area contributed by atoms with Crippen LogP contribution in [0.2, 0.25) is 0 Å². The molecule has 5 heteroatoms. The fourth-order valence-electron chi connectivity index (χ4n) is 3.01. The van der Waals surface area contributed by atoms with E-state index in [-0.39, 0.29) is 0 Å².